The number of carbonyl (C=O) groups excluding carboxylic acids is 1. The van der Waals surface area contributed by atoms with Crippen molar-refractivity contribution in [3.05, 3.63) is 52.0 Å². The topological polar surface area (TPSA) is 84.9 Å². The van der Waals surface area contributed by atoms with Gasteiger partial charge in [-0.2, -0.15) is 4.31 Å². The molecule has 0 unspecified atom stereocenters. The summed E-state index contributed by atoms with van der Waals surface area (Å²) in [6.45, 7) is 6.47. The van der Waals surface area contributed by atoms with E-state index in [4.69, 9.17) is 32.7 Å². The van der Waals surface area contributed by atoms with Crippen LogP contribution in [0.3, 0.4) is 0 Å². The molecule has 31 heavy (non-hydrogen) atoms. The first-order valence-electron chi connectivity index (χ1n) is 9.80. The van der Waals surface area contributed by atoms with Crippen LogP contribution in [-0.4, -0.2) is 50.5 Å². The van der Waals surface area contributed by atoms with Crippen LogP contribution in [0, 0.1) is 0 Å². The zero-order valence-corrected chi connectivity index (χ0v) is 19.7. The van der Waals surface area contributed by atoms with Crippen molar-refractivity contribution in [2.45, 2.75) is 37.9 Å². The first-order valence-corrected chi connectivity index (χ1v) is 12.0. The van der Waals surface area contributed by atoms with E-state index in [1.165, 1.54) is 40.7 Å². The van der Waals surface area contributed by atoms with Crippen LogP contribution in [0.2, 0.25) is 10.0 Å². The van der Waals surface area contributed by atoms with Gasteiger partial charge in [-0.3, -0.25) is 4.79 Å². The van der Waals surface area contributed by atoms with Crippen molar-refractivity contribution in [1.29, 1.82) is 0 Å². The summed E-state index contributed by atoms with van der Waals surface area (Å²) in [5, 5.41) is 3.17. The van der Waals surface area contributed by atoms with Crippen molar-refractivity contribution >= 4 is 44.8 Å². The number of ether oxygens (including phenoxy) is 2. The lowest BCUT2D eigenvalue weighted by Crippen LogP contribution is -2.48. The smallest absolute Gasteiger partial charge is 0.255 e. The predicted octanol–water partition coefficient (Wildman–Crippen LogP) is 4.44. The average molecular weight is 487 g/mol. The van der Waals surface area contributed by atoms with Gasteiger partial charge in [0, 0.05) is 24.3 Å². The number of amides is 1. The highest BCUT2D eigenvalue weighted by molar-refractivity contribution is 7.89. The third-order valence-corrected chi connectivity index (χ3v) is 7.09. The molecule has 1 aliphatic heterocycles. The molecule has 1 saturated heterocycles. The van der Waals surface area contributed by atoms with Gasteiger partial charge in [-0.1, -0.05) is 23.2 Å². The van der Waals surface area contributed by atoms with Gasteiger partial charge in [0.2, 0.25) is 10.0 Å². The lowest BCUT2D eigenvalue weighted by atomic mass is 10.2. The number of hydrogen-bond donors (Lipinski definition) is 1. The van der Waals surface area contributed by atoms with Crippen molar-refractivity contribution < 1.29 is 22.7 Å². The summed E-state index contributed by atoms with van der Waals surface area (Å²) in [6.07, 6.45) is -0.352. The Morgan fingerprint density at radius 2 is 1.68 bits per heavy atom. The number of morpholine rings is 1. The van der Waals surface area contributed by atoms with Crippen LogP contribution in [0.1, 0.15) is 31.1 Å². The molecule has 2 aromatic rings. The second-order valence-corrected chi connectivity index (χ2v) is 10.0. The number of rotatable bonds is 6. The van der Waals surface area contributed by atoms with E-state index in [9.17, 15) is 13.2 Å². The number of hydrogen-bond acceptors (Lipinski definition) is 5. The van der Waals surface area contributed by atoms with E-state index in [-0.39, 0.29) is 32.7 Å². The molecule has 1 aliphatic rings. The van der Waals surface area contributed by atoms with Gasteiger partial charge in [0.1, 0.15) is 0 Å². The maximum atomic E-state index is 12.9. The minimum Gasteiger partial charge on any atom is -0.491 e. The van der Waals surface area contributed by atoms with Gasteiger partial charge in [-0.05, 0) is 57.2 Å². The molecule has 0 spiro atoms. The highest BCUT2D eigenvalue weighted by atomic mass is 35.5. The fraction of sp³-hybridized carbons (Fsp3) is 0.381. The molecule has 1 N–H and O–H groups in total. The second-order valence-electron chi connectivity index (χ2n) is 7.26. The van der Waals surface area contributed by atoms with Crippen LogP contribution in [0.4, 0.5) is 5.69 Å². The molecule has 0 saturated carbocycles. The summed E-state index contributed by atoms with van der Waals surface area (Å²) in [4.78, 5) is 12.7. The quantitative estimate of drug-likeness (QED) is 0.651. The number of sulfonamides is 1. The van der Waals surface area contributed by atoms with Gasteiger partial charge in [-0.25, -0.2) is 8.42 Å². The number of nitrogens with one attached hydrogen (secondary N) is 1. The molecule has 0 aromatic heterocycles. The maximum Gasteiger partial charge on any atom is 0.255 e. The molecule has 1 heterocycles. The molecule has 168 valence electrons. The van der Waals surface area contributed by atoms with Gasteiger partial charge < -0.3 is 14.8 Å². The van der Waals surface area contributed by atoms with Gasteiger partial charge in [-0.15, -0.1) is 0 Å². The Hall–Kier alpha value is -1.84. The number of halogens is 2. The Bertz CT molecular complexity index is 1030. The van der Waals surface area contributed by atoms with Crippen LogP contribution in [0.15, 0.2) is 41.3 Å². The predicted molar refractivity (Wildman–Crippen MR) is 121 cm³/mol. The maximum absolute atomic E-state index is 12.9. The first-order chi connectivity index (χ1) is 14.6. The zero-order valence-electron chi connectivity index (χ0n) is 17.4. The summed E-state index contributed by atoms with van der Waals surface area (Å²) >= 11 is 12.3. The Morgan fingerprint density at radius 3 is 2.19 bits per heavy atom. The summed E-state index contributed by atoms with van der Waals surface area (Å²) in [7, 11) is -3.65. The van der Waals surface area contributed by atoms with Crippen LogP contribution >= 0.6 is 23.2 Å². The van der Waals surface area contributed by atoms with Crippen molar-refractivity contribution in [3.63, 3.8) is 0 Å². The summed E-state index contributed by atoms with van der Waals surface area (Å²) in [5.41, 5.74) is 0.695. The highest BCUT2D eigenvalue weighted by Gasteiger charge is 2.32. The van der Waals surface area contributed by atoms with Gasteiger partial charge >= 0.3 is 0 Å². The van der Waals surface area contributed by atoms with E-state index in [0.717, 1.165) is 0 Å². The van der Waals surface area contributed by atoms with E-state index in [1.807, 2.05) is 13.8 Å². The van der Waals surface area contributed by atoms with Crippen LogP contribution in [0.25, 0.3) is 0 Å². The summed E-state index contributed by atoms with van der Waals surface area (Å²) in [5.74, 6) is -0.109. The molecule has 7 nitrogen and oxygen atoms in total. The van der Waals surface area contributed by atoms with Crippen LogP contribution in [-0.2, 0) is 14.8 Å². The lowest BCUT2D eigenvalue weighted by Gasteiger charge is -2.34. The van der Waals surface area contributed by atoms with E-state index in [1.54, 1.807) is 6.92 Å². The number of anilines is 1. The second kappa shape index (κ2) is 9.75. The molecule has 3 rings (SSSR count). The van der Waals surface area contributed by atoms with Crippen molar-refractivity contribution in [1.82, 2.24) is 4.31 Å². The standard InChI is InChI=1S/C21H24Cl2N2O5S/c1-4-29-20-18(22)9-15(10-19(20)23)21(26)24-16-5-7-17(8-6-16)31(27,28)25-11-13(2)30-14(3)12-25/h5-10,13-14H,4,11-12H2,1-3H3,(H,24,26)/t13-,14-/m0/s1. The van der Waals surface area contributed by atoms with Crippen molar-refractivity contribution in [3.8, 4) is 5.75 Å². The third-order valence-electron chi connectivity index (χ3n) is 4.69. The Balaban J connectivity index is 1.74. The zero-order chi connectivity index (χ0) is 22.8. The number of carbonyl (C=O) groups is 1. The molecule has 1 amide bonds. The molecular formula is C21H24Cl2N2O5S. The molecule has 10 heteroatoms. The van der Waals surface area contributed by atoms with E-state index in [2.05, 4.69) is 5.32 Å². The molecule has 0 aliphatic carbocycles. The normalized spacial score (nSPS) is 19.8. The van der Waals surface area contributed by atoms with E-state index in [0.29, 0.717) is 31.1 Å². The van der Waals surface area contributed by atoms with E-state index >= 15 is 0 Å². The first kappa shape index (κ1) is 23.8. The van der Waals surface area contributed by atoms with Crippen LogP contribution < -0.4 is 10.1 Å². The Labute approximate surface area is 192 Å². The number of benzene rings is 2. The third kappa shape index (κ3) is 5.51. The molecule has 0 radical (unpaired) electrons. The van der Waals surface area contributed by atoms with Crippen molar-refractivity contribution in [2.75, 3.05) is 25.0 Å². The number of nitrogens with zero attached hydrogens (tertiary/aromatic N) is 1. The SMILES string of the molecule is CCOc1c(Cl)cc(C(=O)Nc2ccc(S(=O)(=O)N3C[C@H](C)O[C@@H](C)C3)cc2)cc1Cl. The molecule has 2 atom stereocenters. The Morgan fingerprint density at radius 1 is 1.13 bits per heavy atom. The van der Waals surface area contributed by atoms with Crippen molar-refractivity contribution in [2.24, 2.45) is 0 Å². The minimum atomic E-state index is -3.65. The molecular weight excluding hydrogens is 463 g/mol. The minimum absolute atomic E-state index is 0.152. The lowest BCUT2D eigenvalue weighted by molar-refractivity contribution is -0.0440. The average Bonchev–Trinajstić information content (AvgIpc) is 2.70. The van der Waals surface area contributed by atoms with E-state index < -0.39 is 15.9 Å². The molecule has 2 aromatic carbocycles. The monoisotopic (exact) mass is 486 g/mol. The van der Waals surface area contributed by atoms with Gasteiger partial charge in [0.15, 0.2) is 5.75 Å². The molecule has 1 fully saturated rings. The highest BCUT2D eigenvalue weighted by Crippen LogP contribution is 2.34. The molecule has 0 bridgehead atoms. The Kier molecular flexibility index (Phi) is 7.49. The summed E-state index contributed by atoms with van der Waals surface area (Å²) < 4.78 is 38.3. The fourth-order valence-corrected chi connectivity index (χ4v) is 5.55. The van der Waals surface area contributed by atoms with Gasteiger partial charge in [0.25, 0.3) is 5.91 Å². The largest absolute Gasteiger partial charge is 0.491 e. The van der Waals surface area contributed by atoms with Gasteiger partial charge in [0.05, 0.1) is 33.8 Å². The summed E-state index contributed by atoms with van der Waals surface area (Å²) in [6, 6.07) is 8.94. The van der Waals surface area contributed by atoms with Crippen LogP contribution in [0.5, 0.6) is 5.75 Å². The fourth-order valence-electron chi connectivity index (χ4n) is 3.36.